The Morgan fingerprint density at radius 2 is 1.07 bits per heavy atom. The highest BCUT2D eigenvalue weighted by atomic mass is 19.4. The van der Waals surface area contributed by atoms with E-state index in [0.717, 1.165) is 76.7 Å². The third kappa shape index (κ3) is 26.2. The Morgan fingerprint density at radius 3 is 1.62 bits per heavy atom. The molecule has 5 aliphatic rings. The molecule has 632 valence electrons. The number of anilines is 1. The number of hydrogen-bond acceptors (Lipinski definition) is 32. The first-order chi connectivity index (χ1) is 52.1. The minimum atomic E-state index is -6.05. The summed E-state index contributed by atoms with van der Waals surface area (Å²) in [6.45, 7) is -2.42. The van der Waals surface area contributed by atoms with Gasteiger partial charge in [-0.1, -0.05) is 96.8 Å². The van der Waals surface area contributed by atoms with E-state index in [1.165, 1.54) is 44.9 Å². The van der Waals surface area contributed by atoms with Gasteiger partial charge in [-0.2, -0.15) is 22.0 Å². The fourth-order valence-corrected chi connectivity index (χ4v) is 13.3. The molecular formula is C69H109F5N4O32. The van der Waals surface area contributed by atoms with E-state index in [0.29, 0.717) is 25.0 Å². The van der Waals surface area contributed by atoms with Gasteiger partial charge in [0, 0.05) is 38.5 Å². The van der Waals surface area contributed by atoms with Gasteiger partial charge >= 0.3 is 12.3 Å². The van der Waals surface area contributed by atoms with Crippen molar-refractivity contribution in [2.75, 3.05) is 45.0 Å². The molecule has 0 bridgehead atoms. The van der Waals surface area contributed by atoms with Gasteiger partial charge in [0.15, 0.2) is 31.4 Å². The van der Waals surface area contributed by atoms with E-state index in [2.05, 4.69) is 32.9 Å². The van der Waals surface area contributed by atoms with Crippen molar-refractivity contribution in [3.05, 3.63) is 36.4 Å². The van der Waals surface area contributed by atoms with Crippen LogP contribution in [0.4, 0.5) is 27.6 Å². The minimum absolute atomic E-state index is 0.0784. The maximum absolute atomic E-state index is 13.6. The zero-order chi connectivity index (χ0) is 81.4. The normalized spacial score (nSPS) is 34.2. The third-order valence-corrected chi connectivity index (χ3v) is 19.3. The van der Waals surface area contributed by atoms with E-state index < -0.39 is 259 Å². The number of alkyl halides is 5. The first-order valence-corrected chi connectivity index (χ1v) is 36.7. The van der Waals surface area contributed by atoms with Crippen LogP contribution in [0.5, 0.6) is 5.75 Å². The number of carbonyl (C=O) groups is 5. The molecule has 0 aliphatic carbocycles. The summed E-state index contributed by atoms with van der Waals surface area (Å²) in [6, 6.07) is -1.90. The maximum Gasteiger partial charge on any atom is 0.499 e. The SMILES string of the molecule is CCCCCCCCCCCCCCCCCC(=O)N[C@@H](CO[C@@H]1OC(CO)[C@@H](O[C@@H]2OC(CO)[C@H](O[C@@H]3OC(CO)[C@H](O)C(O[C@@H]4OC(CO)[C@H](O)C(O)C4O)C3NC(C)=O)C(O[C@]3(C=O)CC(O)[C@@H](NC(C)=O)C([C@H](O)[C@H](O)CO)O3)C2O)C(O)C1O)[C@H](O)/C=C/C(=O)Nc1ccc(OC(F)(F)C(F)(F)F)cc1. The van der Waals surface area contributed by atoms with Crippen LogP contribution < -0.4 is 26.0 Å². The molecule has 28 atom stereocenters. The van der Waals surface area contributed by atoms with Crippen molar-refractivity contribution in [2.45, 2.75) is 313 Å². The molecule has 5 heterocycles. The van der Waals surface area contributed by atoms with Gasteiger partial charge in [0.1, 0.15) is 122 Å². The number of unbranched alkanes of at least 4 members (excludes halogenated alkanes) is 14. The van der Waals surface area contributed by atoms with Crippen LogP contribution in [0.1, 0.15) is 130 Å². The number of amides is 4. The summed E-state index contributed by atoms with van der Waals surface area (Å²) in [5.74, 6) is -7.37. The third-order valence-electron chi connectivity index (χ3n) is 19.3. The van der Waals surface area contributed by atoms with Gasteiger partial charge in [-0.25, -0.2) is 0 Å². The number of nitrogens with one attached hydrogen (secondary N) is 4. The molecule has 5 fully saturated rings. The summed E-state index contributed by atoms with van der Waals surface area (Å²) >= 11 is 0. The minimum Gasteiger partial charge on any atom is -0.426 e. The highest BCUT2D eigenvalue weighted by molar-refractivity contribution is 5.99. The highest BCUT2D eigenvalue weighted by Gasteiger charge is 2.62. The molecule has 5 saturated heterocycles. The van der Waals surface area contributed by atoms with Gasteiger partial charge in [-0.15, -0.1) is 0 Å². The molecule has 0 aromatic heterocycles. The summed E-state index contributed by atoms with van der Waals surface area (Å²) in [4.78, 5) is 65.7. The van der Waals surface area contributed by atoms with Crippen LogP contribution in [0.3, 0.4) is 0 Å². The van der Waals surface area contributed by atoms with E-state index >= 15 is 0 Å². The number of aliphatic hydroxyl groups is 16. The Balaban J connectivity index is 1.25. The summed E-state index contributed by atoms with van der Waals surface area (Å²) in [6.07, 6.45) is -46.0. The quantitative estimate of drug-likeness (QED) is 0.0131. The Kier molecular flexibility index (Phi) is 38.1. The first kappa shape index (κ1) is 93.8. The Bertz CT molecular complexity index is 2960. The fourth-order valence-electron chi connectivity index (χ4n) is 13.3. The number of carbonyl (C=O) groups excluding carboxylic acids is 5. The summed E-state index contributed by atoms with van der Waals surface area (Å²) in [5, 5.41) is 187. The average molecular weight is 1600 g/mol. The molecule has 1 aromatic carbocycles. The summed E-state index contributed by atoms with van der Waals surface area (Å²) in [7, 11) is 0. The zero-order valence-electron chi connectivity index (χ0n) is 61.0. The van der Waals surface area contributed by atoms with Gasteiger partial charge in [-0.3, -0.25) is 24.0 Å². The van der Waals surface area contributed by atoms with Gasteiger partial charge < -0.3 is 155 Å². The molecule has 0 spiro atoms. The van der Waals surface area contributed by atoms with E-state index in [1.807, 2.05) is 0 Å². The van der Waals surface area contributed by atoms with Crippen LogP contribution >= 0.6 is 0 Å². The average Bonchev–Trinajstić information content (AvgIpc) is 0.754. The van der Waals surface area contributed by atoms with Crippen molar-refractivity contribution < 1.29 is 180 Å². The predicted molar refractivity (Wildman–Crippen MR) is 362 cm³/mol. The van der Waals surface area contributed by atoms with Crippen LogP contribution in [-0.4, -0.2) is 335 Å². The van der Waals surface area contributed by atoms with E-state index in [4.69, 9.17) is 47.4 Å². The van der Waals surface area contributed by atoms with E-state index in [9.17, 15) is 128 Å². The van der Waals surface area contributed by atoms with Crippen LogP contribution in [0, 0.1) is 0 Å². The Morgan fingerprint density at radius 1 is 0.582 bits per heavy atom. The van der Waals surface area contributed by atoms with Crippen molar-refractivity contribution in [3.63, 3.8) is 0 Å². The molecule has 20 N–H and O–H groups in total. The molecule has 4 amide bonds. The molecule has 41 heteroatoms. The van der Waals surface area contributed by atoms with Crippen molar-refractivity contribution in [2.24, 2.45) is 0 Å². The van der Waals surface area contributed by atoms with Crippen LogP contribution in [-0.2, 0) is 71.3 Å². The van der Waals surface area contributed by atoms with Gasteiger partial charge in [0.05, 0.1) is 63.9 Å². The number of halogens is 5. The standard InChI is InChI=1S/C69H109F5N4O32/c1-4-5-6-7-8-9-10-11-12-13-14-15-16-17-18-19-46(90)78-38(39(87)24-25-47(91)77-36-20-22-37(23-21-36)108-69(73,74)68(70,71)72)32-100-64-56(98)54(96)58(44(30-82)103-64)105-66-57(99)62(110-67(33-84)26-40(88)48(75-34(2)85)61(109-67)50(92)41(89)27-79)59(45(31-83)104-66)106-63-49(76-35(3)86)60(52(94)43(29-81)101-63)107-65-55(97)53(95)51(93)42(28-80)102-65/h20-25,33,38-45,48-66,79-83,87-89,92-99H,4-19,26-32H2,1-3H3,(H,75,85)(H,76,86)(H,77,91)(H,78,90)/b25-24+/t38-,39+,40?,41+,42?,43?,44?,45?,48+,49?,50+,51-,52-,53?,54?,55?,56?,57?,58+,59-,60?,61?,62?,63-,64+,65-,66-,67-/m0/s1. The monoisotopic (exact) mass is 1600 g/mol. The Labute approximate surface area is 629 Å². The smallest absolute Gasteiger partial charge is 0.426 e. The number of aldehydes is 1. The first-order valence-electron chi connectivity index (χ1n) is 36.7. The lowest BCUT2D eigenvalue weighted by Gasteiger charge is -2.52. The van der Waals surface area contributed by atoms with Crippen LogP contribution in [0.2, 0.25) is 0 Å². The zero-order valence-corrected chi connectivity index (χ0v) is 61.0. The second-order valence-corrected chi connectivity index (χ2v) is 27.9. The van der Waals surface area contributed by atoms with Gasteiger partial charge in [0.25, 0.3) is 0 Å². The van der Waals surface area contributed by atoms with Crippen LogP contribution in [0.15, 0.2) is 36.4 Å². The van der Waals surface area contributed by atoms with E-state index in [1.54, 1.807) is 0 Å². The molecule has 1 aromatic rings. The largest absolute Gasteiger partial charge is 0.499 e. The van der Waals surface area contributed by atoms with Crippen molar-refractivity contribution in [3.8, 4) is 5.75 Å². The van der Waals surface area contributed by atoms with E-state index in [-0.39, 0.29) is 18.4 Å². The van der Waals surface area contributed by atoms with Crippen LogP contribution in [0.25, 0.3) is 0 Å². The number of rotatable bonds is 44. The second-order valence-electron chi connectivity index (χ2n) is 27.9. The topological polar surface area (TPSA) is 559 Å². The molecule has 110 heavy (non-hydrogen) atoms. The van der Waals surface area contributed by atoms with Gasteiger partial charge in [0.2, 0.25) is 29.4 Å². The van der Waals surface area contributed by atoms with Crippen molar-refractivity contribution >= 4 is 35.6 Å². The van der Waals surface area contributed by atoms with Crippen molar-refractivity contribution in [1.82, 2.24) is 16.0 Å². The molecule has 0 radical (unpaired) electrons. The lowest BCUT2D eigenvalue weighted by atomic mass is 9.88. The molecule has 36 nitrogen and oxygen atoms in total. The second kappa shape index (κ2) is 44.7. The van der Waals surface area contributed by atoms with Crippen molar-refractivity contribution in [1.29, 1.82) is 0 Å². The lowest BCUT2D eigenvalue weighted by molar-refractivity contribution is -0.400. The molecule has 6 rings (SSSR count). The highest BCUT2D eigenvalue weighted by Crippen LogP contribution is 2.42. The molecule has 0 saturated carbocycles. The number of hydrogen-bond donors (Lipinski definition) is 20. The number of aliphatic hydroxyl groups excluding tert-OH is 16. The lowest BCUT2D eigenvalue weighted by Crippen LogP contribution is -2.71. The molecule has 5 aliphatic heterocycles. The fraction of sp³-hybridized carbons (Fsp3) is 0.812. The molecule has 14 unspecified atom stereocenters. The predicted octanol–water partition coefficient (Wildman–Crippen LogP) is -3.46. The maximum atomic E-state index is 13.6. The molecular weight excluding hydrogens is 1490 g/mol. The van der Waals surface area contributed by atoms with Gasteiger partial charge in [-0.05, 0) is 36.8 Å². The summed E-state index contributed by atoms with van der Waals surface area (Å²) in [5.41, 5.74) is -0.142. The number of ether oxygens (including phenoxy) is 11. The number of benzene rings is 1. The summed E-state index contributed by atoms with van der Waals surface area (Å²) < 4.78 is 129. The Hall–Kier alpha value is -5.08.